The molecule has 6 atom stereocenters. The summed E-state index contributed by atoms with van der Waals surface area (Å²) in [4.78, 5) is 23.7. The number of aromatic nitrogens is 1. The maximum Gasteiger partial charge on any atom is 0.407 e. The van der Waals surface area contributed by atoms with E-state index in [-0.39, 0.29) is 19.1 Å². The van der Waals surface area contributed by atoms with Crippen LogP contribution in [0.5, 0.6) is 0 Å². The monoisotopic (exact) mass is 580 g/mol. The van der Waals surface area contributed by atoms with Crippen LogP contribution in [0.25, 0.3) is 21.8 Å². The van der Waals surface area contributed by atoms with E-state index in [1.165, 1.54) is 21.8 Å². The summed E-state index contributed by atoms with van der Waals surface area (Å²) >= 11 is 0. The number of carbonyl (C=O) groups excluding carboxylic acids is 2. The van der Waals surface area contributed by atoms with Gasteiger partial charge in [-0.2, -0.15) is 0 Å². The Morgan fingerprint density at radius 2 is 1.51 bits per heavy atom. The van der Waals surface area contributed by atoms with E-state index >= 15 is 0 Å². The molecule has 5 rings (SSSR count). The third kappa shape index (κ3) is 7.12. The van der Waals surface area contributed by atoms with Gasteiger partial charge in [0.1, 0.15) is 6.61 Å². The molecule has 0 saturated heterocycles. The van der Waals surface area contributed by atoms with E-state index in [2.05, 4.69) is 96.4 Å². The Kier molecular flexibility index (Phi) is 9.86. The molecule has 6 heteroatoms. The Bertz CT molecular complexity index is 1460. The largest absolute Gasteiger partial charge is 0.460 e. The highest BCUT2D eigenvalue weighted by atomic mass is 16.6. The number of rotatable bonds is 12. The van der Waals surface area contributed by atoms with E-state index < -0.39 is 12.1 Å². The van der Waals surface area contributed by atoms with Gasteiger partial charge in [-0.25, -0.2) is 9.59 Å². The molecule has 6 unspecified atom stereocenters. The molecule has 6 nitrogen and oxygen atoms in total. The first-order valence-electron chi connectivity index (χ1n) is 15.5. The van der Waals surface area contributed by atoms with Crippen LogP contribution in [0, 0.1) is 35.5 Å². The van der Waals surface area contributed by atoms with Crippen LogP contribution in [-0.2, 0) is 20.8 Å². The summed E-state index contributed by atoms with van der Waals surface area (Å²) in [5.74, 6) is 2.05. The van der Waals surface area contributed by atoms with E-state index in [9.17, 15) is 9.59 Å². The molecule has 2 saturated carbocycles. The lowest BCUT2D eigenvalue weighted by Crippen LogP contribution is -2.30. The molecule has 3 aromatic rings. The van der Waals surface area contributed by atoms with Gasteiger partial charge in [0, 0.05) is 39.8 Å². The summed E-state index contributed by atoms with van der Waals surface area (Å²) in [6.07, 6.45) is 12.8. The van der Waals surface area contributed by atoms with Gasteiger partial charge in [0.05, 0.1) is 13.2 Å². The second-order valence-electron chi connectivity index (χ2n) is 12.3. The van der Waals surface area contributed by atoms with E-state index in [4.69, 9.17) is 9.47 Å². The zero-order valence-corrected chi connectivity index (χ0v) is 25.3. The first-order chi connectivity index (χ1) is 20.9. The molecular weight excluding hydrogens is 536 g/mol. The van der Waals surface area contributed by atoms with Gasteiger partial charge in [-0.15, -0.1) is 13.2 Å². The van der Waals surface area contributed by atoms with Crippen molar-refractivity contribution in [1.29, 1.82) is 0 Å². The van der Waals surface area contributed by atoms with Crippen LogP contribution < -0.4 is 5.32 Å². The molecule has 43 heavy (non-hydrogen) atoms. The predicted octanol–water partition coefficient (Wildman–Crippen LogP) is 7.85. The van der Waals surface area contributed by atoms with Gasteiger partial charge in [0.2, 0.25) is 0 Å². The molecule has 2 fully saturated rings. The molecule has 0 aliphatic heterocycles. The lowest BCUT2D eigenvalue weighted by atomic mass is 9.93. The highest BCUT2D eigenvalue weighted by molar-refractivity contribution is 6.07. The Balaban J connectivity index is 1.19. The fourth-order valence-corrected chi connectivity index (χ4v) is 7.07. The molecule has 2 aromatic carbocycles. The molecule has 2 aliphatic rings. The topological polar surface area (TPSA) is 69.6 Å². The van der Waals surface area contributed by atoms with Crippen molar-refractivity contribution >= 4 is 33.9 Å². The number of allylic oxidation sites excluding steroid dienone is 4. The average molecular weight is 581 g/mol. The molecule has 0 bridgehead atoms. The van der Waals surface area contributed by atoms with Crippen molar-refractivity contribution in [2.45, 2.75) is 39.2 Å². The van der Waals surface area contributed by atoms with Crippen LogP contribution in [0.3, 0.4) is 0 Å². The Hall–Kier alpha value is -4.06. The molecule has 0 radical (unpaired) electrons. The first kappa shape index (κ1) is 30.4. The van der Waals surface area contributed by atoms with Crippen molar-refractivity contribution in [3.63, 3.8) is 0 Å². The number of hydrogen-bond acceptors (Lipinski definition) is 4. The molecule has 0 spiro atoms. The number of carbonyl (C=O) groups is 2. The van der Waals surface area contributed by atoms with Gasteiger partial charge < -0.3 is 19.4 Å². The van der Waals surface area contributed by atoms with E-state index in [0.29, 0.717) is 41.8 Å². The maximum absolute atomic E-state index is 12.2. The molecule has 2 aliphatic carbocycles. The van der Waals surface area contributed by atoms with Crippen LogP contribution in [0.15, 0.2) is 98.1 Å². The predicted molar refractivity (Wildman–Crippen MR) is 174 cm³/mol. The number of nitrogens with zero attached hydrogens (tertiary/aromatic N) is 1. The normalized spacial score (nSPS) is 25.2. The minimum absolute atomic E-state index is 0.0814. The SMILES string of the molecule is C=CC1CC(/C=C\C2CC(C=C)C(COC(=O)NCCOC(=O)C(=C)C)C2)C(Cn2c3ccccc3c3ccccc32)C1. The van der Waals surface area contributed by atoms with Gasteiger partial charge >= 0.3 is 12.1 Å². The van der Waals surface area contributed by atoms with E-state index in [1.54, 1.807) is 6.92 Å². The summed E-state index contributed by atoms with van der Waals surface area (Å²) in [5.41, 5.74) is 2.94. The molecular formula is C37H44N2O4. The van der Waals surface area contributed by atoms with Gasteiger partial charge in [0.25, 0.3) is 0 Å². The second kappa shape index (κ2) is 13.9. The fraction of sp³-hybridized carbons (Fsp3) is 0.405. The van der Waals surface area contributed by atoms with Crippen molar-refractivity contribution in [2.75, 3.05) is 19.8 Å². The van der Waals surface area contributed by atoms with Crippen LogP contribution in [0.2, 0.25) is 0 Å². The zero-order valence-electron chi connectivity index (χ0n) is 25.3. The van der Waals surface area contributed by atoms with Crippen LogP contribution in [0.1, 0.15) is 32.6 Å². The molecule has 226 valence electrons. The molecule has 1 amide bonds. The number of benzene rings is 2. The minimum Gasteiger partial charge on any atom is -0.460 e. The number of ether oxygens (including phenoxy) is 2. The van der Waals surface area contributed by atoms with Gasteiger partial charge in [0.15, 0.2) is 0 Å². The Morgan fingerprint density at radius 1 is 0.860 bits per heavy atom. The third-order valence-corrected chi connectivity index (χ3v) is 9.32. The van der Waals surface area contributed by atoms with Crippen molar-refractivity contribution < 1.29 is 19.1 Å². The highest BCUT2D eigenvalue weighted by Crippen LogP contribution is 2.43. The summed E-state index contributed by atoms with van der Waals surface area (Å²) in [7, 11) is 0. The van der Waals surface area contributed by atoms with Crippen LogP contribution in [-0.4, -0.2) is 36.4 Å². The fourth-order valence-electron chi connectivity index (χ4n) is 7.07. The Labute approximate surface area is 255 Å². The third-order valence-electron chi connectivity index (χ3n) is 9.32. The molecule has 1 aromatic heterocycles. The van der Waals surface area contributed by atoms with Crippen molar-refractivity contribution in [2.24, 2.45) is 35.5 Å². The van der Waals surface area contributed by atoms with Gasteiger partial charge in [-0.05, 0) is 74.3 Å². The Morgan fingerprint density at radius 3 is 2.16 bits per heavy atom. The maximum atomic E-state index is 12.2. The van der Waals surface area contributed by atoms with Crippen molar-refractivity contribution in [3.05, 3.63) is 98.1 Å². The minimum atomic E-state index is -0.498. The van der Waals surface area contributed by atoms with Crippen molar-refractivity contribution in [1.82, 2.24) is 9.88 Å². The lowest BCUT2D eigenvalue weighted by molar-refractivity contribution is -0.138. The zero-order chi connectivity index (χ0) is 30.3. The summed E-state index contributed by atoms with van der Waals surface area (Å²) in [6.45, 7) is 14.9. The summed E-state index contributed by atoms with van der Waals surface area (Å²) < 4.78 is 13.0. The number of esters is 1. The first-order valence-corrected chi connectivity index (χ1v) is 15.5. The number of nitrogens with one attached hydrogen (secondary N) is 1. The quantitative estimate of drug-likeness (QED) is 0.103. The molecule has 1 N–H and O–H groups in total. The van der Waals surface area contributed by atoms with Gasteiger partial charge in [-0.1, -0.05) is 67.3 Å². The van der Waals surface area contributed by atoms with Crippen LogP contribution >= 0.6 is 0 Å². The number of fused-ring (bicyclic) bond motifs is 3. The summed E-state index contributed by atoms with van der Waals surface area (Å²) in [5, 5.41) is 5.28. The molecule has 1 heterocycles. The highest BCUT2D eigenvalue weighted by Gasteiger charge is 2.35. The van der Waals surface area contributed by atoms with Gasteiger partial charge in [-0.3, -0.25) is 0 Å². The van der Waals surface area contributed by atoms with Crippen LogP contribution in [0.4, 0.5) is 4.79 Å². The number of amides is 1. The standard InChI is InChI=1S/C37H44N2O4/c1-5-26-19-29(30(20-26)23-39-34-13-9-7-11-32(34)33-12-8-10-14-35(33)39)16-15-27-21-28(6-2)31(22-27)24-43-37(41)38-17-18-42-36(40)25(3)4/h5-16,26-31H,1-3,17-24H2,4H3,(H,38,41)/b16-15-. The van der Waals surface area contributed by atoms with E-state index in [1.807, 2.05) is 6.08 Å². The summed E-state index contributed by atoms with van der Waals surface area (Å²) in [6, 6.07) is 17.5. The number of para-hydroxylation sites is 2. The lowest BCUT2D eigenvalue weighted by Gasteiger charge is -2.19. The van der Waals surface area contributed by atoms with E-state index in [0.717, 1.165) is 32.2 Å². The number of alkyl carbamates (subject to hydrolysis) is 1. The average Bonchev–Trinajstić information content (AvgIpc) is 3.71. The second-order valence-corrected chi connectivity index (χ2v) is 12.3. The van der Waals surface area contributed by atoms with Crippen molar-refractivity contribution in [3.8, 4) is 0 Å². The smallest absolute Gasteiger partial charge is 0.407 e. The number of hydrogen-bond donors (Lipinski definition) is 1.